The lowest BCUT2D eigenvalue weighted by Gasteiger charge is -2.29. The van der Waals surface area contributed by atoms with E-state index in [2.05, 4.69) is 5.01 Å². The summed E-state index contributed by atoms with van der Waals surface area (Å²) in [6, 6.07) is 12.2. The summed E-state index contributed by atoms with van der Waals surface area (Å²) in [5.74, 6) is -1.28. The lowest BCUT2D eigenvalue weighted by Crippen LogP contribution is -2.44. The normalized spacial score (nSPS) is 28.1. The van der Waals surface area contributed by atoms with Gasteiger partial charge in [-0.15, -0.1) is 0 Å². The first kappa shape index (κ1) is 16.9. The number of amides is 2. The molecule has 0 aromatic heterocycles. The lowest BCUT2D eigenvalue weighted by atomic mass is 9.90. The molecule has 138 valence electrons. The Morgan fingerprint density at radius 3 is 2.33 bits per heavy atom. The fourth-order valence-corrected chi connectivity index (χ4v) is 4.83. The first-order chi connectivity index (χ1) is 13.1. The number of hydrogen-bond acceptors (Lipinski definition) is 4. The second kappa shape index (κ2) is 6.12. The summed E-state index contributed by atoms with van der Waals surface area (Å²) >= 11 is 6.06. The van der Waals surface area contributed by atoms with Gasteiger partial charge in [0.25, 0.3) is 5.91 Å². The molecule has 2 amide bonds. The molecule has 0 unspecified atom stereocenters. The van der Waals surface area contributed by atoms with E-state index in [-0.39, 0.29) is 23.7 Å². The maximum Gasteiger partial charge on any atom is 0.253 e. The van der Waals surface area contributed by atoms with Crippen molar-refractivity contribution in [2.45, 2.75) is 18.5 Å². The number of hydrazine groups is 1. The molecule has 3 fully saturated rings. The molecule has 5 nitrogen and oxygen atoms in total. The summed E-state index contributed by atoms with van der Waals surface area (Å²) in [7, 11) is 0. The number of halogens is 2. The quantitative estimate of drug-likeness (QED) is 0.745. The topological polar surface area (TPSA) is 43.9 Å². The molecule has 3 aliphatic heterocycles. The van der Waals surface area contributed by atoms with Crippen LogP contribution in [0, 0.1) is 11.7 Å². The number of anilines is 1. The highest BCUT2D eigenvalue weighted by molar-refractivity contribution is 6.31. The number of carbonyl (C=O) groups is 2. The third kappa shape index (κ3) is 2.44. The van der Waals surface area contributed by atoms with Crippen molar-refractivity contribution in [2.24, 2.45) is 5.92 Å². The van der Waals surface area contributed by atoms with Gasteiger partial charge in [0.2, 0.25) is 5.91 Å². The minimum absolute atomic E-state index is 0.219. The van der Waals surface area contributed by atoms with Crippen LogP contribution >= 0.6 is 11.6 Å². The van der Waals surface area contributed by atoms with Crippen molar-refractivity contribution < 1.29 is 14.0 Å². The average Bonchev–Trinajstić information content (AvgIpc) is 3.28. The number of fused-ring (bicyclic) bond motifs is 3. The van der Waals surface area contributed by atoms with Crippen LogP contribution in [0.25, 0.3) is 0 Å². The highest BCUT2D eigenvalue weighted by Crippen LogP contribution is 2.48. The molecule has 3 atom stereocenters. The van der Waals surface area contributed by atoms with E-state index in [0.717, 1.165) is 25.1 Å². The molecule has 3 saturated heterocycles. The molecule has 2 aromatic rings. The maximum absolute atomic E-state index is 13.4. The SMILES string of the molecule is O=C1[C@@H]2[C@@H](c3ccc(F)cc3)N3CCCN3[C@H]2C(=O)N1c1cccc(Cl)c1. The van der Waals surface area contributed by atoms with Gasteiger partial charge in [-0.2, -0.15) is 0 Å². The first-order valence-electron chi connectivity index (χ1n) is 8.98. The molecule has 0 bridgehead atoms. The zero-order chi connectivity index (χ0) is 18.7. The van der Waals surface area contributed by atoms with Crippen LogP contribution in [0.1, 0.15) is 18.0 Å². The van der Waals surface area contributed by atoms with Gasteiger partial charge in [0.1, 0.15) is 11.9 Å². The predicted molar refractivity (Wildman–Crippen MR) is 98.4 cm³/mol. The van der Waals surface area contributed by atoms with E-state index in [0.29, 0.717) is 10.7 Å². The number of carbonyl (C=O) groups excluding carboxylic acids is 2. The third-order valence-corrected chi connectivity index (χ3v) is 5.92. The average molecular weight is 386 g/mol. The fraction of sp³-hybridized carbons (Fsp3) is 0.300. The van der Waals surface area contributed by atoms with Crippen LogP contribution in [-0.2, 0) is 9.59 Å². The highest BCUT2D eigenvalue weighted by Gasteiger charge is 2.62. The summed E-state index contributed by atoms with van der Waals surface area (Å²) < 4.78 is 13.4. The van der Waals surface area contributed by atoms with Crippen LogP contribution in [-0.4, -0.2) is 41.0 Å². The number of imide groups is 1. The molecule has 7 heteroatoms. The van der Waals surface area contributed by atoms with Crippen molar-refractivity contribution in [1.29, 1.82) is 0 Å². The van der Waals surface area contributed by atoms with E-state index in [1.807, 2.05) is 5.01 Å². The molecular weight excluding hydrogens is 369 g/mol. The van der Waals surface area contributed by atoms with Gasteiger partial charge < -0.3 is 0 Å². The van der Waals surface area contributed by atoms with Gasteiger partial charge in [-0.3, -0.25) is 9.59 Å². The van der Waals surface area contributed by atoms with E-state index in [9.17, 15) is 14.0 Å². The van der Waals surface area contributed by atoms with Crippen molar-refractivity contribution in [3.8, 4) is 0 Å². The third-order valence-electron chi connectivity index (χ3n) is 5.68. The Morgan fingerprint density at radius 1 is 0.926 bits per heavy atom. The van der Waals surface area contributed by atoms with E-state index >= 15 is 0 Å². The highest BCUT2D eigenvalue weighted by atomic mass is 35.5. The van der Waals surface area contributed by atoms with Gasteiger partial charge in [0.15, 0.2) is 0 Å². The van der Waals surface area contributed by atoms with Crippen LogP contribution in [0.3, 0.4) is 0 Å². The molecule has 2 aromatic carbocycles. The Morgan fingerprint density at radius 2 is 1.63 bits per heavy atom. The summed E-state index contributed by atoms with van der Waals surface area (Å²) in [5.41, 5.74) is 1.35. The smallest absolute Gasteiger partial charge is 0.253 e. The van der Waals surface area contributed by atoms with Gasteiger partial charge in [0.05, 0.1) is 17.6 Å². The van der Waals surface area contributed by atoms with Crippen LogP contribution < -0.4 is 4.90 Å². The molecule has 0 N–H and O–H groups in total. The van der Waals surface area contributed by atoms with Crippen LogP contribution in [0.5, 0.6) is 0 Å². The maximum atomic E-state index is 13.4. The number of benzene rings is 2. The Balaban J connectivity index is 1.59. The largest absolute Gasteiger partial charge is 0.274 e. The number of nitrogens with zero attached hydrogens (tertiary/aromatic N) is 3. The van der Waals surface area contributed by atoms with Crippen molar-refractivity contribution in [3.05, 3.63) is 64.9 Å². The van der Waals surface area contributed by atoms with Crippen molar-refractivity contribution in [3.63, 3.8) is 0 Å². The first-order valence-corrected chi connectivity index (χ1v) is 9.36. The van der Waals surface area contributed by atoms with E-state index in [1.165, 1.54) is 17.0 Å². The molecule has 0 spiro atoms. The predicted octanol–water partition coefficient (Wildman–Crippen LogP) is 3.01. The molecule has 0 saturated carbocycles. The Kier molecular flexibility index (Phi) is 3.82. The summed E-state index contributed by atoms with van der Waals surface area (Å²) in [6.45, 7) is 1.52. The Hall–Kier alpha value is -2.28. The summed E-state index contributed by atoms with van der Waals surface area (Å²) in [6.07, 6.45) is 0.930. The molecule has 3 aliphatic rings. The molecular formula is C20H17ClFN3O2. The van der Waals surface area contributed by atoms with Gasteiger partial charge in [-0.1, -0.05) is 29.8 Å². The lowest BCUT2D eigenvalue weighted by molar-refractivity contribution is -0.126. The van der Waals surface area contributed by atoms with Gasteiger partial charge in [0, 0.05) is 18.1 Å². The van der Waals surface area contributed by atoms with Crippen LogP contribution in [0.4, 0.5) is 10.1 Å². The van der Waals surface area contributed by atoms with Gasteiger partial charge in [-0.05, 0) is 42.3 Å². The minimum Gasteiger partial charge on any atom is -0.274 e. The standard InChI is InChI=1S/C20H17ClFN3O2/c21-13-3-1-4-15(11-13)25-19(26)16-17(12-5-7-14(22)8-6-12)23-9-2-10-24(23)18(16)20(25)27/h1,3-8,11,16-18H,2,9-10H2/t16-,17-,18-/m1/s1. The van der Waals surface area contributed by atoms with Gasteiger partial charge in [-0.25, -0.2) is 19.3 Å². The number of hydrogen-bond donors (Lipinski definition) is 0. The summed E-state index contributed by atoms with van der Waals surface area (Å²) in [5, 5.41) is 4.60. The van der Waals surface area contributed by atoms with E-state index in [4.69, 9.17) is 11.6 Å². The van der Waals surface area contributed by atoms with Crippen molar-refractivity contribution in [1.82, 2.24) is 10.0 Å². The summed E-state index contributed by atoms with van der Waals surface area (Å²) in [4.78, 5) is 27.8. The molecule has 3 heterocycles. The molecule has 27 heavy (non-hydrogen) atoms. The van der Waals surface area contributed by atoms with Crippen molar-refractivity contribution >= 4 is 29.1 Å². The second-order valence-electron chi connectivity index (χ2n) is 7.14. The zero-order valence-corrected chi connectivity index (χ0v) is 15.1. The van der Waals surface area contributed by atoms with Crippen molar-refractivity contribution in [2.75, 3.05) is 18.0 Å². The molecule has 5 rings (SSSR count). The second-order valence-corrected chi connectivity index (χ2v) is 7.57. The number of rotatable bonds is 2. The Bertz CT molecular complexity index is 935. The van der Waals surface area contributed by atoms with E-state index in [1.54, 1.807) is 36.4 Å². The van der Waals surface area contributed by atoms with Gasteiger partial charge >= 0.3 is 0 Å². The van der Waals surface area contributed by atoms with E-state index < -0.39 is 12.0 Å². The molecule has 0 radical (unpaired) electrons. The van der Waals surface area contributed by atoms with Crippen LogP contribution in [0.2, 0.25) is 5.02 Å². The zero-order valence-electron chi connectivity index (χ0n) is 14.4. The Labute approximate surface area is 160 Å². The molecule has 0 aliphatic carbocycles. The fourth-order valence-electron chi connectivity index (χ4n) is 4.64. The monoisotopic (exact) mass is 385 g/mol. The van der Waals surface area contributed by atoms with Crippen LogP contribution in [0.15, 0.2) is 48.5 Å². The minimum atomic E-state index is -0.519.